The van der Waals surface area contributed by atoms with Crippen molar-refractivity contribution in [2.24, 2.45) is 0 Å². The second-order valence-electron chi connectivity index (χ2n) is 2.81. The summed E-state index contributed by atoms with van der Waals surface area (Å²) in [6, 6.07) is 8.11. The summed E-state index contributed by atoms with van der Waals surface area (Å²) in [6.45, 7) is 0. The third-order valence-corrected chi connectivity index (χ3v) is 1.93. The third kappa shape index (κ3) is 1.40. The van der Waals surface area contributed by atoms with Gasteiger partial charge in [-0.3, -0.25) is 0 Å². The topological polar surface area (TPSA) is 41.8 Å². The van der Waals surface area contributed by atoms with Crippen LogP contribution in [0.4, 0.5) is 10.2 Å². The van der Waals surface area contributed by atoms with Gasteiger partial charge in [-0.15, -0.1) is 0 Å². The normalized spacial score (nSPS) is 10.2. The smallest absolute Gasteiger partial charge is 0.123 e. The lowest BCUT2D eigenvalue weighted by molar-refractivity contribution is 0.628. The molecule has 3 heteroatoms. The van der Waals surface area contributed by atoms with E-state index in [9.17, 15) is 4.39 Å². The molecule has 66 valence electrons. The molecular formula is C10H9FN2. The second-order valence-corrected chi connectivity index (χ2v) is 2.81. The van der Waals surface area contributed by atoms with Gasteiger partial charge in [0.1, 0.15) is 11.6 Å². The zero-order chi connectivity index (χ0) is 9.26. The summed E-state index contributed by atoms with van der Waals surface area (Å²) in [6.07, 6.45) is 1.76. The van der Waals surface area contributed by atoms with Crippen molar-refractivity contribution in [2.75, 3.05) is 5.73 Å². The maximum absolute atomic E-state index is 12.6. The van der Waals surface area contributed by atoms with Crippen LogP contribution in [0.5, 0.6) is 0 Å². The highest BCUT2D eigenvalue weighted by molar-refractivity contribution is 5.73. The molecule has 0 bridgehead atoms. The lowest BCUT2D eigenvalue weighted by Crippen LogP contribution is -1.87. The third-order valence-electron chi connectivity index (χ3n) is 1.93. The molecule has 3 N–H and O–H groups in total. The SMILES string of the molecule is Nc1[nH]ccc1-c1ccc(F)cc1. The number of hydrogen-bond donors (Lipinski definition) is 2. The molecule has 0 unspecified atom stereocenters. The van der Waals surface area contributed by atoms with Crippen molar-refractivity contribution in [3.05, 3.63) is 42.3 Å². The highest BCUT2D eigenvalue weighted by Gasteiger charge is 2.02. The Morgan fingerprint density at radius 2 is 1.77 bits per heavy atom. The zero-order valence-corrected chi connectivity index (χ0v) is 6.92. The summed E-state index contributed by atoms with van der Waals surface area (Å²) in [7, 11) is 0. The van der Waals surface area contributed by atoms with E-state index in [0.717, 1.165) is 11.1 Å². The molecule has 0 saturated carbocycles. The number of H-pyrrole nitrogens is 1. The molecule has 0 saturated heterocycles. The van der Waals surface area contributed by atoms with Gasteiger partial charge in [-0.1, -0.05) is 12.1 Å². The lowest BCUT2D eigenvalue weighted by atomic mass is 10.1. The van der Waals surface area contributed by atoms with E-state index in [1.807, 2.05) is 6.07 Å². The fraction of sp³-hybridized carbons (Fsp3) is 0. The molecule has 2 aromatic rings. The summed E-state index contributed by atoms with van der Waals surface area (Å²) in [4.78, 5) is 2.87. The van der Waals surface area contributed by atoms with Gasteiger partial charge in [-0.05, 0) is 23.8 Å². The molecule has 0 aliphatic heterocycles. The van der Waals surface area contributed by atoms with Crippen molar-refractivity contribution >= 4 is 5.82 Å². The Labute approximate surface area is 75.2 Å². The fourth-order valence-electron chi connectivity index (χ4n) is 1.26. The van der Waals surface area contributed by atoms with E-state index in [-0.39, 0.29) is 5.82 Å². The molecule has 2 nitrogen and oxygen atoms in total. The number of anilines is 1. The quantitative estimate of drug-likeness (QED) is 0.688. The first-order valence-corrected chi connectivity index (χ1v) is 3.96. The van der Waals surface area contributed by atoms with Crippen molar-refractivity contribution in [3.8, 4) is 11.1 Å². The largest absolute Gasteiger partial charge is 0.385 e. The number of benzene rings is 1. The maximum atomic E-state index is 12.6. The number of aromatic amines is 1. The monoisotopic (exact) mass is 176 g/mol. The summed E-state index contributed by atoms with van der Waals surface area (Å²) < 4.78 is 12.6. The first-order valence-electron chi connectivity index (χ1n) is 3.96. The summed E-state index contributed by atoms with van der Waals surface area (Å²) in [5, 5.41) is 0. The minimum atomic E-state index is -0.238. The average Bonchev–Trinajstić information content (AvgIpc) is 2.53. The van der Waals surface area contributed by atoms with Crippen molar-refractivity contribution in [1.29, 1.82) is 0 Å². The Morgan fingerprint density at radius 3 is 2.31 bits per heavy atom. The van der Waals surface area contributed by atoms with Crippen LogP contribution in [-0.2, 0) is 0 Å². The maximum Gasteiger partial charge on any atom is 0.123 e. The van der Waals surface area contributed by atoms with Crippen LogP contribution in [0.1, 0.15) is 0 Å². The van der Waals surface area contributed by atoms with E-state index in [1.165, 1.54) is 12.1 Å². The van der Waals surface area contributed by atoms with Gasteiger partial charge in [-0.2, -0.15) is 0 Å². The minimum Gasteiger partial charge on any atom is -0.385 e. The van der Waals surface area contributed by atoms with Crippen molar-refractivity contribution in [1.82, 2.24) is 4.98 Å². The van der Waals surface area contributed by atoms with Crippen molar-refractivity contribution in [3.63, 3.8) is 0 Å². The number of nitrogen functional groups attached to an aromatic ring is 1. The van der Waals surface area contributed by atoms with Gasteiger partial charge in [0.15, 0.2) is 0 Å². The first-order chi connectivity index (χ1) is 6.27. The van der Waals surface area contributed by atoms with Gasteiger partial charge in [0.2, 0.25) is 0 Å². The summed E-state index contributed by atoms with van der Waals surface area (Å²) in [5.74, 6) is 0.365. The van der Waals surface area contributed by atoms with E-state index in [1.54, 1.807) is 18.3 Å². The summed E-state index contributed by atoms with van der Waals surface area (Å²) in [5.41, 5.74) is 7.48. The number of hydrogen-bond acceptors (Lipinski definition) is 1. The Hall–Kier alpha value is -1.77. The molecule has 1 aromatic carbocycles. The van der Waals surface area contributed by atoms with Gasteiger partial charge >= 0.3 is 0 Å². The van der Waals surface area contributed by atoms with Crippen LogP contribution in [0.2, 0.25) is 0 Å². The van der Waals surface area contributed by atoms with Crippen LogP contribution in [0, 0.1) is 5.82 Å². The standard InChI is InChI=1S/C10H9FN2/c11-8-3-1-7(2-4-8)9-5-6-13-10(9)12/h1-6,13H,12H2. The molecule has 0 fully saturated rings. The first kappa shape index (κ1) is 7.86. The Bertz CT molecular complexity index is 403. The number of rotatable bonds is 1. The molecule has 13 heavy (non-hydrogen) atoms. The molecule has 0 aliphatic rings. The fourth-order valence-corrected chi connectivity index (χ4v) is 1.26. The highest BCUT2D eigenvalue weighted by Crippen LogP contribution is 2.24. The van der Waals surface area contributed by atoms with Gasteiger partial charge < -0.3 is 10.7 Å². The molecule has 1 heterocycles. The van der Waals surface area contributed by atoms with E-state index >= 15 is 0 Å². The number of nitrogens with one attached hydrogen (secondary N) is 1. The average molecular weight is 176 g/mol. The van der Waals surface area contributed by atoms with Crippen LogP contribution in [0.15, 0.2) is 36.5 Å². The van der Waals surface area contributed by atoms with Crippen LogP contribution in [-0.4, -0.2) is 4.98 Å². The summed E-state index contributed by atoms with van der Waals surface area (Å²) >= 11 is 0. The molecular weight excluding hydrogens is 167 g/mol. The number of aromatic nitrogens is 1. The molecule has 0 aliphatic carbocycles. The minimum absolute atomic E-state index is 0.238. The van der Waals surface area contributed by atoms with Gasteiger partial charge in [0.05, 0.1) is 0 Å². The number of halogens is 1. The highest BCUT2D eigenvalue weighted by atomic mass is 19.1. The molecule has 0 spiro atoms. The number of nitrogens with two attached hydrogens (primary N) is 1. The van der Waals surface area contributed by atoms with E-state index in [0.29, 0.717) is 5.82 Å². The van der Waals surface area contributed by atoms with Gasteiger partial charge in [0, 0.05) is 11.8 Å². The van der Waals surface area contributed by atoms with E-state index in [4.69, 9.17) is 5.73 Å². The second kappa shape index (κ2) is 2.94. The molecule has 1 aromatic heterocycles. The Kier molecular flexibility index (Phi) is 1.77. The van der Waals surface area contributed by atoms with Crippen molar-refractivity contribution < 1.29 is 4.39 Å². The van der Waals surface area contributed by atoms with Crippen molar-refractivity contribution in [2.45, 2.75) is 0 Å². The Balaban J connectivity index is 2.47. The van der Waals surface area contributed by atoms with Gasteiger partial charge in [0.25, 0.3) is 0 Å². The van der Waals surface area contributed by atoms with E-state index in [2.05, 4.69) is 4.98 Å². The van der Waals surface area contributed by atoms with Crippen LogP contribution in [0.3, 0.4) is 0 Å². The predicted molar refractivity (Wildman–Crippen MR) is 50.6 cm³/mol. The lowest BCUT2D eigenvalue weighted by Gasteiger charge is -1.98. The van der Waals surface area contributed by atoms with Gasteiger partial charge in [-0.25, -0.2) is 4.39 Å². The van der Waals surface area contributed by atoms with E-state index < -0.39 is 0 Å². The molecule has 2 rings (SSSR count). The molecule has 0 radical (unpaired) electrons. The zero-order valence-electron chi connectivity index (χ0n) is 6.92. The Morgan fingerprint density at radius 1 is 1.08 bits per heavy atom. The molecule has 0 amide bonds. The predicted octanol–water partition coefficient (Wildman–Crippen LogP) is 2.40. The van der Waals surface area contributed by atoms with Crippen LogP contribution in [0.25, 0.3) is 11.1 Å². The molecule has 0 atom stereocenters. The van der Waals surface area contributed by atoms with Crippen LogP contribution < -0.4 is 5.73 Å². The van der Waals surface area contributed by atoms with Crippen LogP contribution >= 0.6 is 0 Å².